The van der Waals surface area contributed by atoms with Gasteiger partial charge >= 0.3 is 0 Å². The Morgan fingerprint density at radius 3 is 2.75 bits per heavy atom. The molecule has 0 spiro atoms. The standard InChI is InChI=1S/C16H18FNO2/c1-2-13(19)15-12(9-3-5-10(17)6-4-9)7-11-8-14(20)16(15)18-11/h3-6,11,14,16,18,20H,2,7-8H2,1H3. The molecule has 2 N–H and O–H groups in total. The Bertz CT molecular complexity index is 564. The van der Waals surface area contributed by atoms with Gasteiger partial charge in [0.05, 0.1) is 12.1 Å². The Morgan fingerprint density at radius 1 is 1.40 bits per heavy atom. The van der Waals surface area contributed by atoms with E-state index in [-0.39, 0.29) is 23.7 Å². The summed E-state index contributed by atoms with van der Waals surface area (Å²) in [5, 5.41) is 13.4. The van der Waals surface area contributed by atoms with Crippen molar-refractivity contribution in [2.24, 2.45) is 0 Å². The lowest BCUT2D eigenvalue weighted by Crippen LogP contribution is -2.41. The van der Waals surface area contributed by atoms with Crippen LogP contribution in [-0.2, 0) is 4.79 Å². The quantitative estimate of drug-likeness (QED) is 0.887. The van der Waals surface area contributed by atoms with Crippen molar-refractivity contribution >= 4 is 11.4 Å². The molecule has 0 radical (unpaired) electrons. The molecule has 4 heteroatoms. The summed E-state index contributed by atoms with van der Waals surface area (Å²) in [5.74, 6) is -0.226. The molecule has 2 heterocycles. The number of carbonyl (C=O) groups excluding carboxylic acids is 1. The van der Waals surface area contributed by atoms with Gasteiger partial charge in [0.15, 0.2) is 5.78 Å². The highest BCUT2D eigenvalue weighted by atomic mass is 19.1. The molecule has 0 saturated carbocycles. The molecule has 3 nitrogen and oxygen atoms in total. The van der Waals surface area contributed by atoms with Crippen LogP contribution in [0.1, 0.15) is 31.7 Å². The minimum atomic E-state index is -0.511. The number of aliphatic hydroxyl groups is 1. The normalized spacial score (nSPS) is 28.9. The van der Waals surface area contributed by atoms with Gasteiger partial charge in [0.2, 0.25) is 0 Å². The predicted octanol–water partition coefficient (Wildman–Crippen LogP) is 2.05. The van der Waals surface area contributed by atoms with Crippen LogP contribution in [0.3, 0.4) is 0 Å². The van der Waals surface area contributed by atoms with Gasteiger partial charge in [0.25, 0.3) is 0 Å². The Hall–Kier alpha value is -1.52. The van der Waals surface area contributed by atoms with Crippen LogP contribution in [0.4, 0.5) is 4.39 Å². The fraction of sp³-hybridized carbons (Fsp3) is 0.438. The number of ketones is 1. The molecule has 3 unspecified atom stereocenters. The zero-order chi connectivity index (χ0) is 14.3. The third-order valence-electron chi connectivity index (χ3n) is 4.23. The molecule has 1 fully saturated rings. The molecule has 1 aromatic carbocycles. The van der Waals surface area contributed by atoms with E-state index in [1.54, 1.807) is 12.1 Å². The molecule has 2 aliphatic rings. The van der Waals surface area contributed by atoms with E-state index < -0.39 is 6.10 Å². The first kappa shape index (κ1) is 13.5. The smallest absolute Gasteiger partial charge is 0.160 e. The number of carbonyl (C=O) groups is 1. The highest BCUT2D eigenvalue weighted by Gasteiger charge is 2.42. The van der Waals surface area contributed by atoms with E-state index in [1.807, 2.05) is 6.92 Å². The fourth-order valence-corrected chi connectivity index (χ4v) is 3.28. The van der Waals surface area contributed by atoms with Crippen molar-refractivity contribution in [3.8, 4) is 0 Å². The van der Waals surface area contributed by atoms with Crippen molar-refractivity contribution in [1.29, 1.82) is 0 Å². The first-order valence-electron chi connectivity index (χ1n) is 7.06. The molecule has 0 amide bonds. The number of aliphatic hydroxyl groups excluding tert-OH is 1. The van der Waals surface area contributed by atoms with Crippen molar-refractivity contribution in [2.75, 3.05) is 0 Å². The van der Waals surface area contributed by atoms with Gasteiger partial charge in [-0.2, -0.15) is 0 Å². The Labute approximate surface area is 117 Å². The zero-order valence-electron chi connectivity index (χ0n) is 11.4. The first-order valence-corrected chi connectivity index (χ1v) is 7.06. The molecule has 0 aromatic heterocycles. The summed E-state index contributed by atoms with van der Waals surface area (Å²) in [6.07, 6.45) is 1.27. The third-order valence-corrected chi connectivity index (χ3v) is 4.23. The summed E-state index contributed by atoms with van der Waals surface area (Å²) < 4.78 is 13.1. The van der Waals surface area contributed by atoms with Gasteiger partial charge in [0, 0.05) is 18.0 Å². The summed E-state index contributed by atoms with van der Waals surface area (Å²) in [6, 6.07) is 6.17. The third kappa shape index (κ3) is 2.19. The monoisotopic (exact) mass is 275 g/mol. The average Bonchev–Trinajstić information content (AvgIpc) is 2.74. The van der Waals surface area contributed by atoms with Crippen LogP contribution >= 0.6 is 0 Å². The van der Waals surface area contributed by atoms with Crippen molar-refractivity contribution in [3.63, 3.8) is 0 Å². The van der Waals surface area contributed by atoms with Crippen LogP contribution in [-0.4, -0.2) is 29.1 Å². The largest absolute Gasteiger partial charge is 0.391 e. The molecule has 2 aliphatic heterocycles. The molecular formula is C16H18FNO2. The second-order valence-electron chi connectivity index (χ2n) is 5.52. The van der Waals surface area contributed by atoms with E-state index in [0.29, 0.717) is 24.8 Å². The number of hydrogen-bond donors (Lipinski definition) is 2. The second kappa shape index (κ2) is 5.11. The van der Waals surface area contributed by atoms with Crippen LogP contribution < -0.4 is 5.32 Å². The Balaban J connectivity index is 2.09. The molecule has 1 saturated heterocycles. The molecule has 20 heavy (non-hydrogen) atoms. The summed E-state index contributed by atoms with van der Waals surface area (Å²) >= 11 is 0. The van der Waals surface area contributed by atoms with Gasteiger partial charge < -0.3 is 10.4 Å². The molecular weight excluding hydrogens is 257 g/mol. The average molecular weight is 275 g/mol. The molecule has 2 bridgehead atoms. The van der Waals surface area contributed by atoms with Gasteiger partial charge in [-0.3, -0.25) is 4.79 Å². The maximum absolute atomic E-state index is 13.1. The van der Waals surface area contributed by atoms with Crippen molar-refractivity contribution in [3.05, 3.63) is 41.2 Å². The molecule has 0 aliphatic carbocycles. The van der Waals surface area contributed by atoms with E-state index in [0.717, 1.165) is 11.1 Å². The maximum atomic E-state index is 13.1. The highest BCUT2D eigenvalue weighted by molar-refractivity contribution is 6.04. The topological polar surface area (TPSA) is 49.3 Å². The second-order valence-corrected chi connectivity index (χ2v) is 5.52. The molecule has 106 valence electrons. The van der Waals surface area contributed by atoms with E-state index in [1.165, 1.54) is 12.1 Å². The summed E-state index contributed by atoms with van der Waals surface area (Å²) in [4.78, 5) is 12.3. The lowest BCUT2D eigenvalue weighted by molar-refractivity contribution is -0.115. The van der Waals surface area contributed by atoms with Crippen LogP contribution in [0.25, 0.3) is 5.57 Å². The lowest BCUT2D eigenvalue weighted by Gasteiger charge is -2.28. The van der Waals surface area contributed by atoms with Gasteiger partial charge in [-0.1, -0.05) is 19.1 Å². The summed E-state index contributed by atoms with van der Waals surface area (Å²) in [5.41, 5.74) is 2.52. The summed E-state index contributed by atoms with van der Waals surface area (Å²) in [7, 11) is 0. The number of Topliss-reactive ketones (excluding diaryl/α,β-unsaturated/α-hetero) is 1. The van der Waals surface area contributed by atoms with E-state index >= 15 is 0 Å². The number of fused-ring (bicyclic) bond motifs is 2. The van der Waals surface area contributed by atoms with Crippen molar-refractivity contribution in [2.45, 2.75) is 44.4 Å². The van der Waals surface area contributed by atoms with Crippen molar-refractivity contribution in [1.82, 2.24) is 5.32 Å². The van der Waals surface area contributed by atoms with E-state index in [9.17, 15) is 14.3 Å². The number of nitrogens with one attached hydrogen (secondary N) is 1. The Kier molecular flexibility index (Phi) is 3.44. The van der Waals surface area contributed by atoms with Gasteiger partial charge in [-0.15, -0.1) is 0 Å². The number of rotatable bonds is 3. The number of hydrogen-bond acceptors (Lipinski definition) is 3. The Morgan fingerprint density at radius 2 is 2.10 bits per heavy atom. The zero-order valence-corrected chi connectivity index (χ0v) is 11.4. The first-order chi connectivity index (χ1) is 9.60. The molecule has 1 aromatic rings. The van der Waals surface area contributed by atoms with Gasteiger partial charge in [0.1, 0.15) is 5.82 Å². The highest BCUT2D eigenvalue weighted by Crippen LogP contribution is 2.38. The lowest BCUT2D eigenvalue weighted by atomic mass is 9.86. The maximum Gasteiger partial charge on any atom is 0.160 e. The van der Waals surface area contributed by atoms with E-state index in [2.05, 4.69) is 5.32 Å². The van der Waals surface area contributed by atoms with E-state index in [4.69, 9.17) is 0 Å². The molecule has 3 rings (SSSR count). The summed E-state index contributed by atoms with van der Waals surface area (Å²) in [6.45, 7) is 1.82. The minimum absolute atomic E-state index is 0.0567. The van der Waals surface area contributed by atoms with Crippen LogP contribution in [0.2, 0.25) is 0 Å². The van der Waals surface area contributed by atoms with Gasteiger partial charge in [-0.25, -0.2) is 4.39 Å². The van der Waals surface area contributed by atoms with Crippen LogP contribution in [0, 0.1) is 5.82 Å². The predicted molar refractivity (Wildman–Crippen MR) is 74.6 cm³/mol. The van der Waals surface area contributed by atoms with Crippen LogP contribution in [0.15, 0.2) is 29.8 Å². The minimum Gasteiger partial charge on any atom is -0.391 e. The van der Waals surface area contributed by atoms with Crippen molar-refractivity contribution < 1.29 is 14.3 Å². The fourth-order valence-electron chi connectivity index (χ4n) is 3.28. The number of benzene rings is 1. The van der Waals surface area contributed by atoms with Crippen LogP contribution in [0.5, 0.6) is 0 Å². The van der Waals surface area contributed by atoms with Gasteiger partial charge in [-0.05, 0) is 36.1 Å². The SMILES string of the molecule is CCC(=O)C1=C(c2ccc(F)cc2)CC2CC(O)C1N2. The molecule has 3 atom stereocenters. The number of halogens is 1.